The first-order valence-electron chi connectivity index (χ1n) is 5.71. The van der Waals surface area contributed by atoms with Crippen LogP contribution in [-0.2, 0) is 6.18 Å². The molecule has 1 N–H and O–H groups in total. The molecule has 110 valence electrons. The van der Waals surface area contributed by atoms with Gasteiger partial charge in [-0.1, -0.05) is 6.07 Å². The molecule has 0 aliphatic heterocycles. The minimum Gasteiger partial charge on any atom is -0.319 e. The molecule has 7 heteroatoms. The summed E-state index contributed by atoms with van der Waals surface area (Å²) in [5, 5.41) is 2.15. The summed E-state index contributed by atoms with van der Waals surface area (Å²) in [6.07, 6.45) is -4.60. The zero-order chi connectivity index (χ0) is 15.6. The van der Waals surface area contributed by atoms with Crippen LogP contribution in [0.1, 0.15) is 15.9 Å². The van der Waals surface area contributed by atoms with E-state index in [1.807, 2.05) is 22.6 Å². The molecule has 2 aromatic carbocycles. The lowest BCUT2D eigenvalue weighted by Gasteiger charge is -2.11. The van der Waals surface area contributed by atoms with Gasteiger partial charge in [-0.2, -0.15) is 13.2 Å². The predicted molar refractivity (Wildman–Crippen MR) is 78.5 cm³/mol. The van der Waals surface area contributed by atoms with E-state index >= 15 is 0 Å². The quantitative estimate of drug-likeness (QED) is 0.566. The maximum atomic E-state index is 13.5. The van der Waals surface area contributed by atoms with Crippen LogP contribution in [0.3, 0.4) is 0 Å². The molecule has 2 rings (SSSR count). The first-order chi connectivity index (χ1) is 9.77. The van der Waals surface area contributed by atoms with Crippen LogP contribution < -0.4 is 5.32 Å². The van der Waals surface area contributed by atoms with Crippen LogP contribution in [-0.4, -0.2) is 5.91 Å². The van der Waals surface area contributed by atoms with Gasteiger partial charge in [0.1, 0.15) is 5.82 Å². The predicted octanol–water partition coefficient (Wildman–Crippen LogP) is 4.70. The average Bonchev–Trinajstić information content (AvgIpc) is 2.40. The topological polar surface area (TPSA) is 29.1 Å². The number of nitrogens with one attached hydrogen (secondary N) is 1. The fourth-order valence-electron chi connectivity index (χ4n) is 1.62. The molecule has 0 saturated heterocycles. The molecule has 0 atom stereocenters. The van der Waals surface area contributed by atoms with Gasteiger partial charge >= 0.3 is 6.18 Å². The molecule has 0 aromatic heterocycles. The smallest absolute Gasteiger partial charge is 0.319 e. The Morgan fingerprint density at radius 1 is 1.10 bits per heavy atom. The van der Waals surface area contributed by atoms with Crippen molar-refractivity contribution >= 4 is 34.2 Å². The summed E-state index contributed by atoms with van der Waals surface area (Å²) in [4.78, 5) is 11.9. The molecule has 0 heterocycles. The van der Waals surface area contributed by atoms with Crippen molar-refractivity contribution < 1.29 is 22.4 Å². The molecule has 0 aliphatic carbocycles. The largest absolute Gasteiger partial charge is 0.416 e. The van der Waals surface area contributed by atoms with Crippen LogP contribution in [0.15, 0.2) is 42.5 Å². The van der Waals surface area contributed by atoms with Crippen molar-refractivity contribution in [1.29, 1.82) is 0 Å². The van der Waals surface area contributed by atoms with Crippen molar-refractivity contribution in [3.05, 3.63) is 63.0 Å². The third kappa shape index (κ3) is 3.93. The van der Waals surface area contributed by atoms with Gasteiger partial charge in [0.05, 0.1) is 11.3 Å². The van der Waals surface area contributed by atoms with Crippen LogP contribution in [0.2, 0.25) is 0 Å². The number of benzene rings is 2. The lowest BCUT2D eigenvalue weighted by Crippen LogP contribution is -2.14. The maximum absolute atomic E-state index is 13.5. The van der Waals surface area contributed by atoms with E-state index in [1.165, 1.54) is 6.07 Å². The molecule has 0 saturated carbocycles. The van der Waals surface area contributed by atoms with E-state index in [9.17, 15) is 22.4 Å². The molecular formula is C14H8F4INO. The summed E-state index contributed by atoms with van der Waals surface area (Å²) >= 11 is 1.99. The molecule has 2 aromatic rings. The Labute approximate surface area is 131 Å². The molecule has 2 nitrogen and oxygen atoms in total. The highest BCUT2D eigenvalue weighted by Gasteiger charge is 2.31. The monoisotopic (exact) mass is 409 g/mol. The number of halogens is 5. The fraction of sp³-hybridized carbons (Fsp3) is 0.0714. The second-order valence-electron chi connectivity index (χ2n) is 4.16. The molecule has 0 fully saturated rings. The summed E-state index contributed by atoms with van der Waals surface area (Å²) in [5.74, 6) is -1.60. The van der Waals surface area contributed by atoms with Gasteiger partial charge in [-0.15, -0.1) is 0 Å². The Hall–Kier alpha value is -1.64. The summed E-state index contributed by atoms with van der Waals surface area (Å²) in [6, 6.07) is 8.27. The van der Waals surface area contributed by atoms with E-state index < -0.39 is 29.2 Å². The molecule has 0 aliphatic rings. The van der Waals surface area contributed by atoms with Crippen molar-refractivity contribution in [2.75, 3.05) is 5.32 Å². The number of amides is 1. The number of hydrogen-bond acceptors (Lipinski definition) is 1. The summed E-state index contributed by atoms with van der Waals surface area (Å²) < 4.78 is 52.0. The highest BCUT2D eigenvalue weighted by atomic mass is 127. The summed E-state index contributed by atoms with van der Waals surface area (Å²) in [5.41, 5.74) is -1.30. The van der Waals surface area contributed by atoms with Gasteiger partial charge in [0.2, 0.25) is 0 Å². The maximum Gasteiger partial charge on any atom is 0.416 e. The van der Waals surface area contributed by atoms with Gasteiger partial charge in [-0.3, -0.25) is 4.79 Å². The minimum atomic E-state index is -4.60. The van der Waals surface area contributed by atoms with Gasteiger partial charge in [0.25, 0.3) is 5.91 Å². The highest BCUT2D eigenvalue weighted by molar-refractivity contribution is 14.1. The van der Waals surface area contributed by atoms with Crippen LogP contribution in [0.4, 0.5) is 23.2 Å². The van der Waals surface area contributed by atoms with E-state index in [0.717, 1.165) is 3.57 Å². The number of anilines is 1. The number of carbonyl (C=O) groups excluding carboxylic acids is 1. The Bertz CT molecular complexity index is 685. The first-order valence-corrected chi connectivity index (χ1v) is 6.79. The number of alkyl halides is 3. The first kappa shape index (κ1) is 15.7. The van der Waals surface area contributed by atoms with Crippen molar-refractivity contribution in [1.82, 2.24) is 0 Å². The van der Waals surface area contributed by atoms with Crippen molar-refractivity contribution in [3.63, 3.8) is 0 Å². The van der Waals surface area contributed by atoms with Crippen molar-refractivity contribution in [2.45, 2.75) is 6.18 Å². The normalized spacial score (nSPS) is 11.3. The molecule has 0 spiro atoms. The lowest BCUT2D eigenvalue weighted by molar-refractivity contribution is -0.137. The van der Waals surface area contributed by atoms with Crippen LogP contribution in [0, 0.1) is 9.39 Å². The van der Waals surface area contributed by atoms with Crippen LogP contribution in [0.25, 0.3) is 0 Å². The SMILES string of the molecule is O=C(Nc1cc(C(F)(F)F)ccc1F)c1cccc(I)c1. The van der Waals surface area contributed by atoms with Gasteiger partial charge in [0, 0.05) is 9.13 Å². The Kier molecular flexibility index (Phi) is 4.50. The van der Waals surface area contributed by atoms with Crippen LogP contribution >= 0.6 is 22.6 Å². The third-order valence-corrected chi connectivity index (χ3v) is 3.30. The molecule has 1 amide bonds. The lowest BCUT2D eigenvalue weighted by atomic mass is 10.1. The molecule has 0 unspecified atom stereocenters. The van der Waals surface area contributed by atoms with Crippen LogP contribution in [0.5, 0.6) is 0 Å². The highest BCUT2D eigenvalue weighted by Crippen LogP contribution is 2.31. The molecular weight excluding hydrogens is 401 g/mol. The van der Waals surface area contributed by atoms with E-state index in [4.69, 9.17) is 0 Å². The average molecular weight is 409 g/mol. The van der Waals surface area contributed by atoms with E-state index in [0.29, 0.717) is 18.2 Å². The minimum absolute atomic E-state index is 0.235. The van der Waals surface area contributed by atoms with Crippen molar-refractivity contribution in [2.24, 2.45) is 0 Å². The fourth-order valence-corrected chi connectivity index (χ4v) is 2.16. The van der Waals surface area contributed by atoms with Crippen molar-refractivity contribution in [3.8, 4) is 0 Å². The van der Waals surface area contributed by atoms with E-state index in [1.54, 1.807) is 18.2 Å². The second kappa shape index (κ2) is 6.00. The summed E-state index contributed by atoms with van der Waals surface area (Å²) in [7, 11) is 0. The Morgan fingerprint density at radius 2 is 1.81 bits per heavy atom. The Morgan fingerprint density at radius 3 is 2.43 bits per heavy atom. The van der Waals surface area contributed by atoms with E-state index in [2.05, 4.69) is 5.32 Å². The van der Waals surface area contributed by atoms with Gasteiger partial charge in [0.15, 0.2) is 0 Å². The summed E-state index contributed by atoms with van der Waals surface area (Å²) in [6.45, 7) is 0. The number of rotatable bonds is 2. The third-order valence-electron chi connectivity index (χ3n) is 2.63. The molecule has 21 heavy (non-hydrogen) atoms. The van der Waals surface area contributed by atoms with E-state index in [-0.39, 0.29) is 5.56 Å². The molecule has 0 radical (unpaired) electrons. The van der Waals surface area contributed by atoms with Gasteiger partial charge < -0.3 is 5.32 Å². The number of hydrogen-bond donors (Lipinski definition) is 1. The second-order valence-corrected chi connectivity index (χ2v) is 5.40. The zero-order valence-electron chi connectivity index (χ0n) is 10.3. The Balaban J connectivity index is 2.29. The van der Waals surface area contributed by atoms with Gasteiger partial charge in [-0.05, 0) is 59.0 Å². The molecule has 0 bridgehead atoms. The van der Waals surface area contributed by atoms with Gasteiger partial charge in [-0.25, -0.2) is 4.39 Å². The number of carbonyl (C=O) groups is 1. The zero-order valence-corrected chi connectivity index (χ0v) is 12.5. The standard InChI is InChI=1S/C14H8F4INO/c15-11-5-4-9(14(16,17)18)7-12(11)20-13(21)8-2-1-3-10(19)6-8/h1-7H,(H,20,21).